The van der Waals surface area contributed by atoms with Gasteiger partial charge < -0.3 is 5.32 Å². The van der Waals surface area contributed by atoms with Crippen LogP contribution in [-0.4, -0.2) is 16.8 Å². The van der Waals surface area contributed by atoms with Gasteiger partial charge in [-0.15, -0.1) is 11.3 Å². The summed E-state index contributed by atoms with van der Waals surface area (Å²) in [5.41, 5.74) is 0.947. The van der Waals surface area contributed by atoms with Crippen molar-refractivity contribution in [1.82, 2.24) is 15.1 Å². The summed E-state index contributed by atoms with van der Waals surface area (Å²) < 4.78 is 2.55. The SMILES string of the molecule is CNC(c1ccc(Cl)s1)c1c(Cl)cnn1C. The van der Waals surface area contributed by atoms with Gasteiger partial charge in [0.1, 0.15) is 0 Å². The maximum absolute atomic E-state index is 6.12. The Bertz CT molecular complexity index is 472. The van der Waals surface area contributed by atoms with E-state index in [-0.39, 0.29) is 6.04 Å². The Kier molecular flexibility index (Phi) is 3.54. The van der Waals surface area contributed by atoms with E-state index in [0.29, 0.717) is 5.02 Å². The second-order valence-electron chi connectivity index (χ2n) is 3.36. The third-order valence-electron chi connectivity index (χ3n) is 2.38. The van der Waals surface area contributed by atoms with Crippen molar-refractivity contribution in [1.29, 1.82) is 0 Å². The van der Waals surface area contributed by atoms with Gasteiger partial charge in [-0.2, -0.15) is 5.10 Å². The van der Waals surface area contributed by atoms with Crippen LogP contribution in [0.15, 0.2) is 18.3 Å². The van der Waals surface area contributed by atoms with Crippen LogP contribution in [-0.2, 0) is 7.05 Å². The molecule has 2 aromatic heterocycles. The number of hydrogen-bond acceptors (Lipinski definition) is 3. The van der Waals surface area contributed by atoms with Crippen molar-refractivity contribution in [3.63, 3.8) is 0 Å². The highest BCUT2D eigenvalue weighted by Crippen LogP contribution is 2.33. The topological polar surface area (TPSA) is 29.9 Å². The lowest BCUT2D eigenvalue weighted by Gasteiger charge is -2.15. The van der Waals surface area contributed by atoms with Crippen molar-refractivity contribution < 1.29 is 0 Å². The van der Waals surface area contributed by atoms with Gasteiger partial charge in [0.25, 0.3) is 0 Å². The van der Waals surface area contributed by atoms with Crippen LogP contribution < -0.4 is 5.32 Å². The molecule has 1 N–H and O–H groups in total. The van der Waals surface area contributed by atoms with E-state index in [4.69, 9.17) is 23.2 Å². The first-order chi connectivity index (χ1) is 7.63. The van der Waals surface area contributed by atoms with E-state index in [0.717, 1.165) is 14.9 Å². The van der Waals surface area contributed by atoms with Gasteiger partial charge in [-0.1, -0.05) is 23.2 Å². The molecule has 0 bridgehead atoms. The Labute approximate surface area is 108 Å². The Morgan fingerprint density at radius 3 is 2.62 bits per heavy atom. The predicted molar refractivity (Wildman–Crippen MR) is 68.4 cm³/mol. The van der Waals surface area contributed by atoms with Crippen LogP contribution in [0.2, 0.25) is 9.36 Å². The minimum atomic E-state index is 0.0255. The minimum absolute atomic E-state index is 0.0255. The summed E-state index contributed by atoms with van der Waals surface area (Å²) in [5.74, 6) is 0. The second kappa shape index (κ2) is 4.75. The summed E-state index contributed by atoms with van der Waals surface area (Å²) in [4.78, 5) is 1.12. The van der Waals surface area contributed by atoms with E-state index in [1.54, 1.807) is 10.9 Å². The van der Waals surface area contributed by atoms with E-state index in [2.05, 4.69) is 10.4 Å². The molecule has 0 aromatic carbocycles. The highest BCUT2D eigenvalue weighted by atomic mass is 35.5. The van der Waals surface area contributed by atoms with E-state index in [1.807, 2.05) is 26.2 Å². The lowest BCUT2D eigenvalue weighted by Crippen LogP contribution is -2.19. The van der Waals surface area contributed by atoms with Gasteiger partial charge >= 0.3 is 0 Å². The molecule has 0 aliphatic heterocycles. The van der Waals surface area contributed by atoms with Gasteiger partial charge in [0, 0.05) is 11.9 Å². The molecule has 2 aromatic rings. The molecule has 86 valence electrons. The predicted octanol–water partition coefficient (Wildman–Crippen LogP) is 3.10. The van der Waals surface area contributed by atoms with Crippen LogP contribution in [0.4, 0.5) is 0 Å². The van der Waals surface area contributed by atoms with E-state index in [9.17, 15) is 0 Å². The lowest BCUT2D eigenvalue weighted by molar-refractivity contribution is 0.613. The molecule has 0 fully saturated rings. The second-order valence-corrected chi connectivity index (χ2v) is 5.52. The maximum Gasteiger partial charge on any atom is 0.0931 e. The summed E-state index contributed by atoms with van der Waals surface area (Å²) >= 11 is 13.6. The standard InChI is InChI=1S/C10H11Cl2N3S/c1-13-9(7-3-4-8(12)16-7)10-6(11)5-14-15(10)2/h3-5,9,13H,1-2H3. The van der Waals surface area contributed by atoms with Crippen LogP contribution in [0.5, 0.6) is 0 Å². The molecule has 3 nitrogen and oxygen atoms in total. The van der Waals surface area contributed by atoms with Gasteiger partial charge in [-0.3, -0.25) is 4.68 Å². The summed E-state index contributed by atoms with van der Waals surface area (Å²) in [5, 5.41) is 8.01. The highest BCUT2D eigenvalue weighted by Gasteiger charge is 2.20. The van der Waals surface area contributed by atoms with Crippen LogP contribution in [0.25, 0.3) is 0 Å². The van der Waals surface area contributed by atoms with E-state index in [1.165, 1.54) is 11.3 Å². The quantitative estimate of drug-likeness (QED) is 0.933. The van der Waals surface area contributed by atoms with Crippen LogP contribution in [0.3, 0.4) is 0 Å². The van der Waals surface area contributed by atoms with E-state index >= 15 is 0 Å². The fourth-order valence-electron chi connectivity index (χ4n) is 1.64. The van der Waals surface area contributed by atoms with Crippen molar-refractivity contribution in [2.24, 2.45) is 7.05 Å². The van der Waals surface area contributed by atoms with Gasteiger partial charge in [0.2, 0.25) is 0 Å². The number of nitrogens with zero attached hydrogens (tertiary/aromatic N) is 2. The van der Waals surface area contributed by atoms with Gasteiger partial charge in [0.15, 0.2) is 0 Å². The zero-order valence-electron chi connectivity index (χ0n) is 8.87. The molecule has 16 heavy (non-hydrogen) atoms. The maximum atomic E-state index is 6.12. The normalized spacial score (nSPS) is 13.0. The molecule has 0 aliphatic rings. The first-order valence-corrected chi connectivity index (χ1v) is 6.30. The molecule has 1 atom stereocenters. The van der Waals surface area contributed by atoms with Crippen LogP contribution in [0, 0.1) is 0 Å². The molecular formula is C10H11Cl2N3S. The fourth-order valence-corrected chi connectivity index (χ4v) is 3.09. The number of aromatic nitrogens is 2. The zero-order valence-corrected chi connectivity index (χ0v) is 11.2. The van der Waals surface area contributed by atoms with Crippen molar-refractivity contribution in [3.05, 3.63) is 38.3 Å². The average molecular weight is 276 g/mol. The Morgan fingerprint density at radius 2 is 2.19 bits per heavy atom. The van der Waals surface area contributed by atoms with Crippen LogP contribution >= 0.6 is 34.5 Å². The molecule has 1 unspecified atom stereocenters. The third kappa shape index (κ3) is 2.11. The minimum Gasteiger partial charge on any atom is -0.307 e. The van der Waals surface area contributed by atoms with E-state index < -0.39 is 0 Å². The summed E-state index contributed by atoms with van der Waals surface area (Å²) in [6.07, 6.45) is 1.65. The smallest absolute Gasteiger partial charge is 0.0931 e. The monoisotopic (exact) mass is 275 g/mol. The third-order valence-corrected chi connectivity index (χ3v) is 3.97. The molecule has 0 amide bonds. The number of thiophene rings is 1. The first-order valence-electron chi connectivity index (χ1n) is 4.73. The molecule has 0 aliphatic carbocycles. The summed E-state index contributed by atoms with van der Waals surface area (Å²) in [7, 11) is 3.77. The highest BCUT2D eigenvalue weighted by molar-refractivity contribution is 7.16. The zero-order chi connectivity index (χ0) is 11.7. The largest absolute Gasteiger partial charge is 0.307 e. The number of rotatable bonds is 3. The molecule has 0 saturated heterocycles. The number of halogens is 2. The molecule has 0 spiro atoms. The van der Waals surface area contributed by atoms with Gasteiger partial charge in [-0.25, -0.2) is 0 Å². The molecule has 2 rings (SSSR count). The number of aryl methyl sites for hydroxylation is 1. The Morgan fingerprint density at radius 1 is 1.44 bits per heavy atom. The van der Waals surface area contributed by atoms with Crippen molar-refractivity contribution in [2.75, 3.05) is 7.05 Å². The van der Waals surface area contributed by atoms with Crippen molar-refractivity contribution in [3.8, 4) is 0 Å². The number of nitrogens with one attached hydrogen (secondary N) is 1. The van der Waals surface area contributed by atoms with Crippen molar-refractivity contribution in [2.45, 2.75) is 6.04 Å². The average Bonchev–Trinajstić information content (AvgIpc) is 2.80. The first kappa shape index (κ1) is 11.9. The van der Waals surface area contributed by atoms with Crippen molar-refractivity contribution >= 4 is 34.5 Å². The number of hydrogen-bond donors (Lipinski definition) is 1. The molecule has 2 heterocycles. The molecular weight excluding hydrogens is 265 g/mol. The molecule has 0 saturated carbocycles. The molecule has 6 heteroatoms. The van der Waals surface area contributed by atoms with Crippen LogP contribution in [0.1, 0.15) is 16.6 Å². The molecule has 0 radical (unpaired) electrons. The summed E-state index contributed by atoms with van der Waals surface area (Å²) in [6.45, 7) is 0. The Balaban J connectivity index is 2.44. The lowest BCUT2D eigenvalue weighted by atomic mass is 10.2. The Hall–Kier alpha value is -0.550. The van der Waals surface area contributed by atoms with Gasteiger partial charge in [0.05, 0.1) is 27.3 Å². The van der Waals surface area contributed by atoms with Gasteiger partial charge in [-0.05, 0) is 19.2 Å². The summed E-state index contributed by atoms with van der Waals surface area (Å²) in [6, 6.07) is 3.91. The fraction of sp³-hybridized carbons (Fsp3) is 0.300.